The lowest BCUT2D eigenvalue weighted by molar-refractivity contribution is -0.0242. The van der Waals surface area contributed by atoms with E-state index < -0.39 is 0 Å². The molecule has 5 heteroatoms. The first kappa shape index (κ1) is 12.2. The molecule has 5 nitrogen and oxygen atoms in total. The fourth-order valence-electron chi connectivity index (χ4n) is 2.88. The molecule has 0 radical (unpaired) electrons. The molecule has 1 aromatic heterocycles. The van der Waals surface area contributed by atoms with Crippen molar-refractivity contribution in [3.05, 3.63) is 24.3 Å². The second kappa shape index (κ2) is 5.07. The van der Waals surface area contributed by atoms with Crippen molar-refractivity contribution < 1.29 is 4.74 Å². The SMILES string of the molecule is c1ccc2[nH]c(NCC3CN(C4CC4)CCO3)nc2c1. The summed E-state index contributed by atoms with van der Waals surface area (Å²) in [4.78, 5) is 10.4. The number of imidazole rings is 1. The maximum absolute atomic E-state index is 5.84. The number of nitrogens with zero attached hydrogens (tertiary/aromatic N) is 2. The van der Waals surface area contributed by atoms with E-state index in [2.05, 4.69) is 20.2 Å². The summed E-state index contributed by atoms with van der Waals surface area (Å²) >= 11 is 0. The summed E-state index contributed by atoms with van der Waals surface area (Å²) < 4.78 is 5.84. The summed E-state index contributed by atoms with van der Waals surface area (Å²) in [6, 6.07) is 8.91. The molecule has 1 saturated heterocycles. The van der Waals surface area contributed by atoms with Gasteiger partial charge in [0.15, 0.2) is 0 Å². The van der Waals surface area contributed by atoms with Crippen LogP contribution in [-0.4, -0.2) is 53.3 Å². The van der Waals surface area contributed by atoms with E-state index in [0.29, 0.717) is 0 Å². The molecular weight excluding hydrogens is 252 g/mol. The Bertz CT molecular complexity index is 559. The normalized spacial score (nSPS) is 24.1. The smallest absolute Gasteiger partial charge is 0.201 e. The van der Waals surface area contributed by atoms with Gasteiger partial charge in [0.05, 0.1) is 23.7 Å². The van der Waals surface area contributed by atoms with Crippen molar-refractivity contribution in [2.45, 2.75) is 25.0 Å². The van der Waals surface area contributed by atoms with Crippen LogP contribution in [0.4, 0.5) is 5.95 Å². The molecule has 1 aliphatic carbocycles. The van der Waals surface area contributed by atoms with Gasteiger partial charge in [0.25, 0.3) is 0 Å². The zero-order valence-corrected chi connectivity index (χ0v) is 11.5. The number of nitrogens with one attached hydrogen (secondary N) is 2. The Morgan fingerprint density at radius 2 is 2.25 bits per heavy atom. The predicted molar refractivity (Wildman–Crippen MR) is 78.9 cm³/mol. The van der Waals surface area contributed by atoms with Crippen LogP contribution in [0.15, 0.2) is 24.3 Å². The van der Waals surface area contributed by atoms with Gasteiger partial charge < -0.3 is 15.0 Å². The molecule has 20 heavy (non-hydrogen) atoms. The number of H-pyrrole nitrogens is 1. The average Bonchev–Trinajstić information content (AvgIpc) is 3.25. The van der Waals surface area contributed by atoms with Gasteiger partial charge in [0, 0.05) is 25.7 Å². The predicted octanol–water partition coefficient (Wildman–Crippen LogP) is 1.84. The minimum atomic E-state index is 0.262. The Balaban J connectivity index is 1.37. The van der Waals surface area contributed by atoms with Gasteiger partial charge in [-0.05, 0) is 25.0 Å². The lowest BCUT2D eigenvalue weighted by Gasteiger charge is -2.33. The minimum Gasteiger partial charge on any atom is -0.374 e. The van der Waals surface area contributed by atoms with E-state index in [0.717, 1.165) is 49.3 Å². The van der Waals surface area contributed by atoms with Crippen LogP contribution in [-0.2, 0) is 4.74 Å². The Morgan fingerprint density at radius 1 is 1.35 bits per heavy atom. The van der Waals surface area contributed by atoms with Crippen LogP contribution in [0.5, 0.6) is 0 Å². The topological polar surface area (TPSA) is 53.2 Å². The molecule has 1 aliphatic heterocycles. The van der Waals surface area contributed by atoms with Crippen LogP contribution >= 0.6 is 0 Å². The Morgan fingerprint density at radius 3 is 3.10 bits per heavy atom. The number of aromatic amines is 1. The maximum Gasteiger partial charge on any atom is 0.201 e. The van der Waals surface area contributed by atoms with E-state index in [4.69, 9.17) is 4.74 Å². The molecule has 0 spiro atoms. The third-order valence-corrected chi connectivity index (χ3v) is 4.12. The van der Waals surface area contributed by atoms with Crippen LogP contribution < -0.4 is 5.32 Å². The number of aromatic nitrogens is 2. The molecule has 1 atom stereocenters. The molecule has 1 unspecified atom stereocenters. The Hall–Kier alpha value is -1.59. The van der Waals surface area contributed by atoms with Crippen LogP contribution in [0, 0.1) is 0 Å². The molecule has 1 saturated carbocycles. The van der Waals surface area contributed by atoms with Gasteiger partial charge in [-0.15, -0.1) is 0 Å². The van der Waals surface area contributed by atoms with Gasteiger partial charge in [-0.3, -0.25) is 4.90 Å². The van der Waals surface area contributed by atoms with E-state index in [1.807, 2.05) is 24.3 Å². The minimum absolute atomic E-state index is 0.262. The number of benzene rings is 1. The summed E-state index contributed by atoms with van der Waals surface area (Å²) in [6.45, 7) is 3.79. The largest absolute Gasteiger partial charge is 0.374 e. The van der Waals surface area contributed by atoms with Crippen molar-refractivity contribution in [2.24, 2.45) is 0 Å². The Labute approximate surface area is 118 Å². The van der Waals surface area contributed by atoms with Gasteiger partial charge in [-0.1, -0.05) is 12.1 Å². The van der Waals surface area contributed by atoms with Crippen molar-refractivity contribution in [1.82, 2.24) is 14.9 Å². The molecular formula is C15H20N4O. The van der Waals surface area contributed by atoms with Crippen LogP contribution in [0.25, 0.3) is 11.0 Å². The maximum atomic E-state index is 5.84. The molecule has 2 fully saturated rings. The standard InChI is InChI=1S/C15H20N4O/c1-2-4-14-13(3-1)17-15(18-14)16-9-12-10-19(7-8-20-12)11-5-6-11/h1-4,11-12H,5-10H2,(H2,16,17,18). The van der Waals surface area contributed by atoms with Crippen molar-refractivity contribution in [3.63, 3.8) is 0 Å². The first-order valence-corrected chi connectivity index (χ1v) is 7.43. The van der Waals surface area contributed by atoms with Gasteiger partial charge in [-0.25, -0.2) is 4.98 Å². The lowest BCUT2D eigenvalue weighted by Crippen LogP contribution is -2.46. The number of morpholine rings is 1. The first-order chi connectivity index (χ1) is 9.88. The number of anilines is 1. The summed E-state index contributed by atoms with van der Waals surface area (Å²) in [5.74, 6) is 0.832. The summed E-state index contributed by atoms with van der Waals surface area (Å²) in [7, 11) is 0. The third kappa shape index (κ3) is 2.51. The zero-order valence-electron chi connectivity index (χ0n) is 11.5. The number of rotatable bonds is 4. The molecule has 2 aliphatic rings. The monoisotopic (exact) mass is 272 g/mol. The van der Waals surface area contributed by atoms with Crippen LogP contribution in [0.2, 0.25) is 0 Å². The average molecular weight is 272 g/mol. The quantitative estimate of drug-likeness (QED) is 0.891. The highest BCUT2D eigenvalue weighted by Crippen LogP contribution is 2.28. The van der Waals surface area contributed by atoms with Gasteiger partial charge in [0.2, 0.25) is 5.95 Å². The van der Waals surface area contributed by atoms with Gasteiger partial charge in [-0.2, -0.15) is 0 Å². The second-order valence-corrected chi connectivity index (χ2v) is 5.70. The van der Waals surface area contributed by atoms with E-state index >= 15 is 0 Å². The zero-order chi connectivity index (χ0) is 13.4. The molecule has 106 valence electrons. The highest BCUT2D eigenvalue weighted by atomic mass is 16.5. The van der Waals surface area contributed by atoms with E-state index in [9.17, 15) is 0 Å². The molecule has 2 N–H and O–H groups in total. The molecule has 2 heterocycles. The molecule has 4 rings (SSSR count). The van der Waals surface area contributed by atoms with Crippen molar-refractivity contribution in [3.8, 4) is 0 Å². The first-order valence-electron chi connectivity index (χ1n) is 7.43. The lowest BCUT2D eigenvalue weighted by atomic mass is 10.2. The van der Waals surface area contributed by atoms with Crippen LogP contribution in [0.1, 0.15) is 12.8 Å². The van der Waals surface area contributed by atoms with Crippen molar-refractivity contribution >= 4 is 17.0 Å². The summed E-state index contributed by atoms with van der Waals surface area (Å²) in [5, 5.41) is 3.37. The summed E-state index contributed by atoms with van der Waals surface area (Å²) in [5.41, 5.74) is 2.07. The molecule has 0 bridgehead atoms. The van der Waals surface area contributed by atoms with E-state index in [1.54, 1.807) is 0 Å². The van der Waals surface area contributed by atoms with Crippen molar-refractivity contribution in [1.29, 1.82) is 0 Å². The van der Waals surface area contributed by atoms with Crippen molar-refractivity contribution in [2.75, 3.05) is 31.6 Å². The molecule has 0 amide bonds. The summed E-state index contributed by atoms with van der Waals surface area (Å²) in [6.07, 6.45) is 2.99. The van der Waals surface area contributed by atoms with Gasteiger partial charge >= 0.3 is 0 Å². The second-order valence-electron chi connectivity index (χ2n) is 5.70. The Kier molecular flexibility index (Phi) is 3.09. The highest BCUT2D eigenvalue weighted by Gasteiger charge is 2.32. The highest BCUT2D eigenvalue weighted by molar-refractivity contribution is 5.77. The number of hydrogen-bond acceptors (Lipinski definition) is 4. The molecule has 1 aromatic carbocycles. The van der Waals surface area contributed by atoms with Gasteiger partial charge in [0.1, 0.15) is 0 Å². The van der Waals surface area contributed by atoms with E-state index in [-0.39, 0.29) is 6.10 Å². The number of fused-ring (bicyclic) bond motifs is 1. The molecule has 2 aromatic rings. The third-order valence-electron chi connectivity index (χ3n) is 4.12. The number of hydrogen-bond donors (Lipinski definition) is 2. The fraction of sp³-hybridized carbons (Fsp3) is 0.533. The van der Waals surface area contributed by atoms with Crippen LogP contribution in [0.3, 0.4) is 0 Å². The van der Waals surface area contributed by atoms with E-state index in [1.165, 1.54) is 12.8 Å². The number of para-hydroxylation sites is 2. The fourth-order valence-corrected chi connectivity index (χ4v) is 2.88. The number of ether oxygens (including phenoxy) is 1.